The molecular formula is C16H15N3O. The van der Waals surface area contributed by atoms with Crippen molar-refractivity contribution >= 4 is 5.91 Å². The second-order valence-electron chi connectivity index (χ2n) is 4.60. The summed E-state index contributed by atoms with van der Waals surface area (Å²) in [7, 11) is 1.78. The summed E-state index contributed by atoms with van der Waals surface area (Å²) in [6, 6.07) is 12.9. The van der Waals surface area contributed by atoms with Gasteiger partial charge in [0.15, 0.2) is 0 Å². The topological polar surface area (TPSA) is 57.0 Å². The van der Waals surface area contributed by atoms with Gasteiger partial charge in [-0.25, -0.2) is 0 Å². The van der Waals surface area contributed by atoms with Gasteiger partial charge in [-0.3, -0.25) is 9.78 Å². The Morgan fingerprint density at radius 2 is 2.00 bits per heavy atom. The van der Waals surface area contributed by atoms with Crippen molar-refractivity contribution < 1.29 is 4.79 Å². The minimum Gasteiger partial charge on any atom is -0.341 e. The van der Waals surface area contributed by atoms with Crippen LogP contribution < -0.4 is 0 Å². The molecule has 0 saturated carbocycles. The van der Waals surface area contributed by atoms with Crippen molar-refractivity contribution in [2.24, 2.45) is 0 Å². The molecule has 0 fully saturated rings. The number of hydrogen-bond acceptors (Lipinski definition) is 3. The van der Waals surface area contributed by atoms with Crippen molar-refractivity contribution in [3.05, 3.63) is 65.5 Å². The van der Waals surface area contributed by atoms with Gasteiger partial charge in [-0.05, 0) is 29.3 Å². The van der Waals surface area contributed by atoms with Gasteiger partial charge in [0.05, 0.1) is 18.1 Å². The summed E-state index contributed by atoms with van der Waals surface area (Å²) in [4.78, 5) is 17.8. The van der Waals surface area contributed by atoms with E-state index >= 15 is 0 Å². The van der Waals surface area contributed by atoms with Crippen LogP contribution >= 0.6 is 0 Å². The first-order chi connectivity index (χ1) is 9.69. The van der Waals surface area contributed by atoms with Gasteiger partial charge in [0, 0.05) is 26.0 Å². The maximum Gasteiger partial charge on any atom is 0.227 e. The summed E-state index contributed by atoms with van der Waals surface area (Å²) < 4.78 is 0. The zero-order valence-electron chi connectivity index (χ0n) is 11.3. The smallest absolute Gasteiger partial charge is 0.227 e. The van der Waals surface area contributed by atoms with Gasteiger partial charge in [0.2, 0.25) is 5.91 Å². The standard InChI is InChI=1S/C16H15N3O/c1-19(12-15-3-2-8-18-11-15)16(20)9-13-4-6-14(10-17)7-5-13/h2-8,11H,9,12H2,1H3. The fraction of sp³-hybridized carbons (Fsp3) is 0.188. The molecule has 0 atom stereocenters. The Balaban J connectivity index is 1.95. The highest BCUT2D eigenvalue weighted by Gasteiger charge is 2.10. The predicted molar refractivity (Wildman–Crippen MR) is 75.6 cm³/mol. The zero-order valence-corrected chi connectivity index (χ0v) is 11.3. The molecular weight excluding hydrogens is 250 g/mol. The Morgan fingerprint density at radius 3 is 2.60 bits per heavy atom. The van der Waals surface area contributed by atoms with Gasteiger partial charge >= 0.3 is 0 Å². The molecule has 1 heterocycles. The molecule has 0 unspecified atom stereocenters. The van der Waals surface area contributed by atoms with Gasteiger partial charge in [-0.1, -0.05) is 18.2 Å². The number of pyridine rings is 1. The summed E-state index contributed by atoms with van der Waals surface area (Å²) in [5.74, 6) is 0.0403. The number of likely N-dealkylation sites (N-methyl/N-ethyl adjacent to an activating group) is 1. The lowest BCUT2D eigenvalue weighted by Gasteiger charge is -2.17. The third kappa shape index (κ3) is 3.66. The van der Waals surface area contributed by atoms with Crippen LogP contribution in [0.3, 0.4) is 0 Å². The quantitative estimate of drug-likeness (QED) is 0.851. The number of amides is 1. The molecule has 1 aromatic heterocycles. The van der Waals surface area contributed by atoms with E-state index in [1.165, 1.54) is 0 Å². The van der Waals surface area contributed by atoms with E-state index in [2.05, 4.69) is 11.1 Å². The van der Waals surface area contributed by atoms with Gasteiger partial charge in [-0.15, -0.1) is 0 Å². The fourth-order valence-electron chi connectivity index (χ4n) is 1.86. The number of benzene rings is 1. The van der Waals surface area contributed by atoms with Gasteiger partial charge in [0.1, 0.15) is 0 Å². The van der Waals surface area contributed by atoms with E-state index in [4.69, 9.17) is 5.26 Å². The summed E-state index contributed by atoms with van der Waals surface area (Å²) in [5.41, 5.74) is 2.51. The fourth-order valence-corrected chi connectivity index (χ4v) is 1.86. The average molecular weight is 265 g/mol. The van der Waals surface area contributed by atoms with Crippen LogP contribution in [-0.4, -0.2) is 22.8 Å². The number of carbonyl (C=O) groups excluding carboxylic acids is 1. The summed E-state index contributed by atoms with van der Waals surface area (Å²) in [5, 5.41) is 8.73. The molecule has 0 N–H and O–H groups in total. The van der Waals surface area contributed by atoms with Crippen molar-refractivity contribution in [1.82, 2.24) is 9.88 Å². The molecule has 2 aromatic rings. The summed E-state index contributed by atoms with van der Waals surface area (Å²) in [6.07, 6.45) is 3.80. The molecule has 0 aliphatic rings. The number of aromatic nitrogens is 1. The molecule has 2 rings (SSSR count). The van der Waals surface area contributed by atoms with Crippen molar-refractivity contribution in [2.75, 3.05) is 7.05 Å². The van der Waals surface area contributed by atoms with Crippen molar-refractivity contribution in [2.45, 2.75) is 13.0 Å². The van der Waals surface area contributed by atoms with E-state index in [1.54, 1.807) is 36.5 Å². The molecule has 0 radical (unpaired) electrons. The third-order valence-corrected chi connectivity index (χ3v) is 3.01. The Kier molecular flexibility index (Phi) is 4.46. The first kappa shape index (κ1) is 13.8. The van der Waals surface area contributed by atoms with E-state index in [1.807, 2.05) is 24.3 Å². The van der Waals surface area contributed by atoms with Crippen LogP contribution in [0.15, 0.2) is 48.8 Å². The lowest BCUT2D eigenvalue weighted by Crippen LogP contribution is -2.27. The summed E-state index contributed by atoms with van der Waals surface area (Å²) >= 11 is 0. The van der Waals surface area contributed by atoms with Crippen molar-refractivity contribution in [3.63, 3.8) is 0 Å². The van der Waals surface area contributed by atoms with Crippen LogP contribution in [0.1, 0.15) is 16.7 Å². The minimum absolute atomic E-state index is 0.0403. The molecule has 0 aliphatic heterocycles. The maximum absolute atomic E-state index is 12.1. The Bertz CT molecular complexity index is 614. The SMILES string of the molecule is CN(Cc1cccnc1)C(=O)Cc1ccc(C#N)cc1. The second-order valence-corrected chi connectivity index (χ2v) is 4.60. The highest BCUT2D eigenvalue weighted by Crippen LogP contribution is 2.07. The molecule has 0 spiro atoms. The first-order valence-corrected chi connectivity index (χ1v) is 6.31. The van der Waals surface area contributed by atoms with Crippen LogP contribution in [0.25, 0.3) is 0 Å². The van der Waals surface area contributed by atoms with Crippen molar-refractivity contribution in [1.29, 1.82) is 5.26 Å². The van der Waals surface area contributed by atoms with E-state index in [9.17, 15) is 4.79 Å². The average Bonchev–Trinajstić information content (AvgIpc) is 2.49. The highest BCUT2D eigenvalue weighted by atomic mass is 16.2. The number of carbonyl (C=O) groups is 1. The number of hydrogen-bond donors (Lipinski definition) is 0. The van der Waals surface area contributed by atoms with E-state index in [-0.39, 0.29) is 5.91 Å². The molecule has 1 aromatic carbocycles. The zero-order chi connectivity index (χ0) is 14.4. The van der Waals surface area contributed by atoms with Crippen LogP contribution in [0.4, 0.5) is 0 Å². The lowest BCUT2D eigenvalue weighted by atomic mass is 10.1. The molecule has 4 heteroatoms. The molecule has 0 aliphatic carbocycles. The van der Waals surface area contributed by atoms with Crippen LogP contribution in [0, 0.1) is 11.3 Å². The second kappa shape index (κ2) is 6.48. The van der Waals surface area contributed by atoms with Gasteiger partial charge < -0.3 is 4.90 Å². The third-order valence-electron chi connectivity index (χ3n) is 3.01. The Hall–Kier alpha value is -2.67. The minimum atomic E-state index is 0.0403. The van der Waals surface area contributed by atoms with Gasteiger partial charge in [0.25, 0.3) is 0 Å². The number of nitriles is 1. The Labute approximate surface area is 118 Å². The van der Waals surface area contributed by atoms with Crippen LogP contribution in [0.2, 0.25) is 0 Å². The maximum atomic E-state index is 12.1. The Morgan fingerprint density at radius 1 is 1.25 bits per heavy atom. The van der Waals surface area contributed by atoms with Crippen molar-refractivity contribution in [3.8, 4) is 6.07 Å². The van der Waals surface area contributed by atoms with Gasteiger partial charge in [-0.2, -0.15) is 5.26 Å². The highest BCUT2D eigenvalue weighted by molar-refractivity contribution is 5.78. The van der Waals surface area contributed by atoms with Crippen LogP contribution in [0.5, 0.6) is 0 Å². The number of rotatable bonds is 4. The van der Waals surface area contributed by atoms with E-state index < -0.39 is 0 Å². The largest absolute Gasteiger partial charge is 0.341 e. The molecule has 20 heavy (non-hydrogen) atoms. The summed E-state index contributed by atoms with van der Waals surface area (Å²) in [6.45, 7) is 0.545. The predicted octanol–water partition coefficient (Wildman–Crippen LogP) is 2.15. The van der Waals surface area contributed by atoms with Crippen LogP contribution in [-0.2, 0) is 17.8 Å². The lowest BCUT2D eigenvalue weighted by molar-refractivity contribution is -0.129. The molecule has 100 valence electrons. The van der Waals surface area contributed by atoms with E-state index in [0.717, 1.165) is 11.1 Å². The normalized spacial score (nSPS) is 9.80. The molecule has 1 amide bonds. The monoisotopic (exact) mass is 265 g/mol. The first-order valence-electron chi connectivity index (χ1n) is 6.31. The van der Waals surface area contributed by atoms with E-state index in [0.29, 0.717) is 18.5 Å². The molecule has 0 saturated heterocycles. The molecule has 0 bridgehead atoms. The number of nitrogens with zero attached hydrogens (tertiary/aromatic N) is 3. The molecule has 4 nitrogen and oxygen atoms in total.